The van der Waals surface area contributed by atoms with Crippen LogP contribution in [0, 0.1) is 0 Å². The second kappa shape index (κ2) is 7.13. The van der Waals surface area contributed by atoms with Crippen LogP contribution in [0.1, 0.15) is 24.3 Å². The second-order valence-corrected chi connectivity index (χ2v) is 7.17. The molecule has 0 aliphatic carbocycles. The monoisotopic (exact) mass is 367 g/mol. The number of anilines is 1. The van der Waals surface area contributed by atoms with Gasteiger partial charge in [0.05, 0.1) is 20.7 Å². The van der Waals surface area contributed by atoms with Gasteiger partial charge in [0.25, 0.3) is 0 Å². The molecule has 0 unspecified atom stereocenters. The molecular formula is C19H17N3O3S. The van der Waals surface area contributed by atoms with Gasteiger partial charge in [-0.3, -0.25) is 9.78 Å². The maximum absolute atomic E-state index is 12.1. The zero-order chi connectivity index (χ0) is 17.9. The standard InChI is InChI=1S/C19H17N3O3S/c23-17(20-12-9-10-15-14(11-12)22-19(24)25-15)7-3-4-8-18-21-13-5-1-2-6-16(13)26-18/h1-2,5-6,9-11H,3-4,7-8H2,(H,20,23)(H,22,24). The summed E-state index contributed by atoms with van der Waals surface area (Å²) in [5.74, 6) is -0.544. The van der Waals surface area contributed by atoms with E-state index in [4.69, 9.17) is 4.42 Å². The van der Waals surface area contributed by atoms with Crippen LogP contribution in [-0.2, 0) is 11.2 Å². The SMILES string of the molecule is O=C(CCCCc1nc2ccccc2s1)Nc1ccc2oc(=O)[nH]c2c1. The Morgan fingerprint density at radius 3 is 2.96 bits per heavy atom. The molecule has 0 fully saturated rings. The van der Waals surface area contributed by atoms with E-state index in [0.717, 1.165) is 29.8 Å². The molecule has 2 aromatic heterocycles. The van der Waals surface area contributed by atoms with Crippen molar-refractivity contribution in [1.29, 1.82) is 0 Å². The number of hydrogen-bond donors (Lipinski definition) is 2. The van der Waals surface area contributed by atoms with E-state index >= 15 is 0 Å². The molecule has 7 heteroatoms. The van der Waals surface area contributed by atoms with E-state index in [1.165, 1.54) is 4.70 Å². The maximum atomic E-state index is 12.1. The first kappa shape index (κ1) is 16.5. The molecular weight excluding hydrogens is 350 g/mol. The molecule has 4 rings (SSSR count). The smallest absolute Gasteiger partial charge is 0.408 e. The van der Waals surface area contributed by atoms with Crippen LogP contribution in [0.3, 0.4) is 0 Å². The van der Waals surface area contributed by atoms with Gasteiger partial charge in [-0.1, -0.05) is 12.1 Å². The highest BCUT2D eigenvalue weighted by Crippen LogP contribution is 2.23. The van der Waals surface area contributed by atoms with Crippen LogP contribution in [0.2, 0.25) is 0 Å². The van der Waals surface area contributed by atoms with Crippen molar-refractivity contribution < 1.29 is 9.21 Å². The number of para-hydroxylation sites is 1. The summed E-state index contributed by atoms with van der Waals surface area (Å²) in [4.78, 5) is 30.4. The fraction of sp³-hybridized carbons (Fsp3) is 0.211. The zero-order valence-electron chi connectivity index (χ0n) is 14.0. The normalized spacial score (nSPS) is 11.2. The van der Waals surface area contributed by atoms with Crippen molar-refractivity contribution in [3.63, 3.8) is 0 Å². The molecule has 1 amide bonds. The molecule has 0 aliphatic heterocycles. The van der Waals surface area contributed by atoms with Gasteiger partial charge in [0.1, 0.15) is 0 Å². The summed E-state index contributed by atoms with van der Waals surface area (Å²) in [7, 11) is 0. The minimum Gasteiger partial charge on any atom is -0.408 e. The number of aryl methyl sites for hydroxylation is 1. The molecule has 6 nitrogen and oxygen atoms in total. The number of amides is 1. The van der Waals surface area contributed by atoms with Crippen LogP contribution < -0.4 is 11.1 Å². The molecule has 0 radical (unpaired) electrons. The number of carbonyl (C=O) groups excluding carboxylic acids is 1. The average Bonchev–Trinajstić information content (AvgIpc) is 3.20. The van der Waals surface area contributed by atoms with Crippen molar-refractivity contribution in [1.82, 2.24) is 9.97 Å². The number of carbonyl (C=O) groups is 1. The van der Waals surface area contributed by atoms with Crippen LogP contribution in [0.25, 0.3) is 21.3 Å². The molecule has 2 heterocycles. The third kappa shape index (κ3) is 3.67. The number of oxazole rings is 1. The van der Waals surface area contributed by atoms with Gasteiger partial charge in [0, 0.05) is 12.1 Å². The van der Waals surface area contributed by atoms with Crippen molar-refractivity contribution in [2.45, 2.75) is 25.7 Å². The van der Waals surface area contributed by atoms with Gasteiger partial charge in [-0.15, -0.1) is 11.3 Å². The van der Waals surface area contributed by atoms with Crippen LogP contribution in [0.4, 0.5) is 5.69 Å². The van der Waals surface area contributed by atoms with Crippen molar-refractivity contribution in [3.05, 3.63) is 58.0 Å². The lowest BCUT2D eigenvalue weighted by atomic mass is 10.2. The van der Waals surface area contributed by atoms with Gasteiger partial charge in [0.2, 0.25) is 5.91 Å². The van der Waals surface area contributed by atoms with Gasteiger partial charge >= 0.3 is 5.76 Å². The van der Waals surface area contributed by atoms with E-state index in [-0.39, 0.29) is 5.91 Å². The number of thiazole rings is 1. The lowest BCUT2D eigenvalue weighted by Gasteiger charge is -2.04. The number of rotatable bonds is 6. The molecule has 2 aromatic carbocycles. The number of aromatic nitrogens is 2. The largest absolute Gasteiger partial charge is 0.417 e. The van der Waals surface area contributed by atoms with Gasteiger partial charge in [-0.05, 0) is 49.6 Å². The summed E-state index contributed by atoms with van der Waals surface area (Å²) in [6, 6.07) is 13.2. The minimum absolute atomic E-state index is 0.0421. The van der Waals surface area contributed by atoms with E-state index in [1.54, 1.807) is 29.5 Å². The Labute approximate surface area is 152 Å². The molecule has 0 spiro atoms. The molecule has 0 aliphatic rings. The third-order valence-electron chi connectivity index (χ3n) is 4.09. The third-order valence-corrected chi connectivity index (χ3v) is 5.18. The molecule has 0 saturated carbocycles. The second-order valence-electron chi connectivity index (χ2n) is 6.06. The Morgan fingerprint density at radius 2 is 2.08 bits per heavy atom. The minimum atomic E-state index is -0.502. The van der Waals surface area contributed by atoms with Crippen molar-refractivity contribution in [3.8, 4) is 0 Å². The zero-order valence-corrected chi connectivity index (χ0v) is 14.8. The van der Waals surface area contributed by atoms with E-state index in [9.17, 15) is 9.59 Å². The maximum Gasteiger partial charge on any atom is 0.417 e. The van der Waals surface area contributed by atoms with E-state index in [1.807, 2.05) is 18.2 Å². The van der Waals surface area contributed by atoms with Crippen molar-refractivity contribution in [2.24, 2.45) is 0 Å². The first-order valence-corrected chi connectivity index (χ1v) is 9.26. The first-order valence-electron chi connectivity index (χ1n) is 8.44. The number of hydrogen-bond acceptors (Lipinski definition) is 5. The summed E-state index contributed by atoms with van der Waals surface area (Å²) in [6.07, 6.45) is 3.05. The predicted molar refractivity (Wildman–Crippen MR) is 103 cm³/mol. The van der Waals surface area contributed by atoms with Crippen LogP contribution >= 0.6 is 11.3 Å². The highest BCUT2D eigenvalue weighted by molar-refractivity contribution is 7.18. The number of benzene rings is 2. The summed E-state index contributed by atoms with van der Waals surface area (Å²) in [6.45, 7) is 0. The fourth-order valence-corrected chi connectivity index (χ4v) is 3.85. The Hall–Kier alpha value is -2.93. The number of nitrogens with zero attached hydrogens (tertiary/aromatic N) is 1. The Balaban J connectivity index is 1.27. The number of nitrogens with one attached hydrogen (secondary N) is 2. The van der Waals surface area contributed by atoms with Crippen molar-refractivity contribution >= 4 is 44.2 Å². The molecule has 4 aromatic rings. The van der Waals surface area contributed by atoms with Crippen LogP contribution in [-0.4, -0.2) is 15.9 Å². The quantitative estimate of drug-likeness (QED) is 0.503. The van der Waals surface area contributed by atoms with E-state index in [2.05, 4.69) is 21.4 Å². The predicted octanol–water partition coefficient (Wildman–Crippen LogP) is 4.08. The molecule has 132 valence electrons. The summed E-state index contributed by atoms with van der Waals surface area (Å²) < 4.78 is 6.14. The van der Waals surface area contributed by atoms with Crippen LogP contribution in [0.5, 0.6) is 0 Å². The lowest BCUT2D eigenvalue weighted by Crippen LogP contribution is -2.11. The number of unbranched alkanes of at least 4 members (excludes halogenated alkanes) is 1. The van der Waals surface area contributed by atoms with E-state index < -0.39 is 5.76 Å². The van der Waals surface area contributed by atoms with Gasteiger partial charge in [-0.2, -0.15) is 0 Å². The van der Waals surface area contributed by atoms with Gasteiger partial charge in [0.15, 0.2) is 5.58 Å². The number of H-pyrrole nitrogens is 1. The van der Waals surface area contributed by atoms with Crippen molar-refractivity contribution in [2.75, 3.05) is 5.32 Å². The molecule has 0 saturated heterocycles. The number of fused-ring (bicyclic) bond motifs is 2. The summed E-state index contributed by atoms with van der Waals surface area (Å²) in [5.41, 5.74) is 2.73. The Bertz CT molecular complexity index is 1090. The molecule has 0 atom stereocenters. The van der Waals surface area contributed by atoms with Gasteiger partial charge < -0.3 is 9.73 Å². The Morgan fingerprint density at radius 1 is 1.19 bits per heavy atom. The average molecular weight is 367 g/mol. The highest BCUT2D eigenvalue weighted by atomic mass is 32.1. The Kier molecular flexibility index (Phi) is 4.53. The van der Waals surface area contributed by atoms with Gasteiger partial charge in [-0.25, -0.2) is 9.78 Å². The molecule has 0 bridgehead atoms. The molecule has 26 heavy (non-hydrogen) atoms. The molecule has 2 N–H and O–H groups in total. The first-order chi connectivity index (χ1) is 12.7. The van der Waals surface area contributed by atoms with E-state index in [0.29, 0.717) is 23.2 Å². The summed E-state index contributed by atoms with van der Waals surface area (Å²) >= 11 is 1.71. The number of aromatic amines is 1. The fourth-order valence-electron chi connectivity index (χ4n) is 2.84. The van der Waals surface area contributed by atoms with Crippen LogP contribution in [0.15, 0.2) is 51.7 Å². The topological polar surface area (TPSA) is 88.0 Å². The highest BCUT2D eigenvalue weighted by Gasteiger charge is 2.07. The summed E-state index contributed by atoms with van der Waals surface area (Å²) in [5, 5.41) is 3.96. The lowest BCUT2D eigenvalue weighted by molar-refractivity contribution is -0.116.